The van der Waals surface area contributed by atoms with Crippen molar-refractivity contribution in [2.75, 3.05) is 0 Å². The summed E-state index contributed by atoms with van der Waals surface area (Å²) in [6.07, 6.45) is 7.76. The zero-order chi connectivity index (χ0) is 13.4. The van der Waals surface area contributed by atoms with Crippen LogP contribution in [0.2, 0.25) is 0 Å². The Morgan fingerprint density at radius 2 is 2.21 bits per heavy atom. The van der Waals surface area contributed by atoms with Crippen LogP contribution in [0.3, 0.4) is 0 Å². The summed E-state index contributed by atoms with van der Waals surface area (Å²) in [5.74, 6) is 1.14. The predicted octanol–water partition coefficient (Wildman–Crippen LogP) is 1.58. The Balaban J connectivity index is 1.80. The number of carboxylic acids is 1. The van der Waals surface area contributed by atoms with E-state index in [9.17, 15) is 4.79 Å². The van der Waals surface area contributed by atoms with E-state index in [1.54, 1.807) is 0 Å². The van der Waals surface area contributed by atoms with Crippen LogP contribution in [-0.2, 0) is 17.6 Å². The molecule has 0 aromatic carbocycles. The summed E-state index contributed by atoms with van der Waals surface area (Å²) < 4.78 is 0. The van der Waals surface area contributed by atoms with Crippen molar-refractivity contribution in [2.24, 2.45) is 11.7 Å². The van der Waals surface area contributed by atoms with Gasteiger partial charge < -0.3 is 15.8 Å². The van der Waals surface area contributed by atoms with E-state index in [-0.39, 0.29) is 0 Å². The van der Waals surface area contributed by atoms with Crippen LogP contribution in [0.15, 0.2) is 0 Å². The molecule has 1 saturated carbocycles. The molecule has 1 aromatic heterocycles. The lowest BCUT2D eigenvalue weighted by Crippen LogP contribution is -2.32. The van der Waals surface area contributed by atoms with Gasteiger partial charge in [0.05, 0.1) is 5.69 Å². The van der Waals surface area contributed by atoms with Gasteiger partial charge in [0.15, 0.2) is 0 Å². The molecule has 1 fully saturated rings. The summed E-state index contributed by atoms with van der Waals surface area (Å²) in [7, 11) is 0. The number of imidazole rings is 1. The normalized spacial score (nSPS) is 27.4. The van der Waals surface area contributed by atoms with Gasteiger partial charge in [0.1, 0.15) is 11.9 Å². The van der Waals surface area contributed by atoms with Crippen molar-refractivity contribution < 1.29 is 9.90 Å². The Labute approximate surface area is 112 Å². The van der Waals surface area contributed by atoms with Crippen LogP contribution in [0.1, 0.15) is 55.2 Å². The molecule has 0 radical (unpaired) electrons. The maximum atomic E-state index is 10.8. The van der Waals surface area contributed by atoms with Gasteiger partial charge in [-0.25, -0.2) is 4.98 Å². The van der Waals surface area contributed by atoms with Crippen molar-refractivity contribution >= 4 is 5.97 Å². The number of aromatic amines is 1. The number of nitrogens with zero attached hydrogens (tertiary/aromatic N) is 1. The van der Waals surface area contributed by atoms with Crippen LogP contribution in [0.5, 0.6) is 0 Å². The number of nitrogens with one attached hydrogen (secondary N) is 1. The largest absolute Gasteiger partial charge is 0.480 e. The monoisotopic (exact) mass is 263 g/mol. The average molecular weight is 263 g/mol. The lowest BCUT2D eigenvalue weighted by atomic mass is 9.71. The second kappa shape index (κ2) is 4.96. The number of H-pyrrole nitrogens is 1. The lowest BCUT2D eigenvalue weighted by Gasteiger charge is -2.34. The van der Waals surface area contributed by atoms with Crippen molar-refractivity contribution in [3.8, 4) is 0 Å². The first-order valence-corrected chi connectivity index (χ1v) is 7.21. The van der Waals surface area contributed by atoms with Gasteiger partial charge in [-0.2, -0.15) is 0 Å². The van der Waals surface area contributed by atoms with E-state index in [4.69, 9.17) is 10.8 Å². The Bertz CT molecular complexity index is 483. The van der Waals surface area contributed by atoms with Gasteiger partial charge in [0.25, 0.3) is 0 Å². The van der Waals surface area contributed by atoms with Crippen LogP contribution in [0, 0.1) is 5.92 Å². The van der Waals surface area contributed by atoms with E-state index in [1.165, 1.54) is 43.5 Å². The highest BCUT2D eigenvalue weighted by atomic mass is 16.4. The van der Waals surface area contributed by atoms with Crippen molar-refractivity contribution in [3.05, 3.63) is 17.2 Å². The number of hydrogen-bond donors (Lipinski definition) is 3. The summed E-state index contributed by atoms with van der Waals surface area (Å²) in [5.41, 5.74) is 7.99. The van der Waals surface area contributed by atoms with Crippen LogP contribution in [0.25, 0.3) is 0 Å². The van der Waals surface area contributed by atoms with Gasteiger partial charge in [-0.15, -0.1) is 0 Å². The summed E-state index contributed by atoms with van der Waals surface area (Å²) in [4.78, 5) is 18.8. The third-order valence-electron chi connectivity index (χ3n) is 4.62. The zero-order valence-corrected chi connectivity index (χ0v) is 11.1. The Kier molecular flexibility index (Phi) is 3.31. The molecule has 2 aliphatic rings. The number of fused-ring (bicyclic) bond motifs is 3. The molecule has 4 N–H and O–H groups in total. The first-order chi connectivity index (χ1) is 9.15. The molecule has 0 spiro atoms. The van der Waals surface area contributed by atoms with E-state index >= 15 is 0 Å². The van der Waals surface area contributed by atoms with Gasteiger partial charge in [0, 0.05) is 18.0 Å². The summed E-state index contributed by atoms with van der Waals surface area (Å²) in [5, 5.41) is 8.87. The Morgan fingerprint density at radius 3 is 3.00 bits per heavy atom. The van der Waals surface area contributed by atoms with Crippen molar-refractivity contribution in [3.63, 3.8) is 0 Å². The van der Waals surface area contributed by atoms with Crippen LogP contribution in [0.4, 0.5) is 0 Å². The number of hydrogen-bond acceptors (Lipinski definition) is 3. The molecule has 5 heteroatoms. The molecule has 3 rings (SSSR count). The minimum atomic E-state index is -0.968. The summed E-state index contributed by atoms with van der Waals surface area (Å²) in [6, 6.07) is -0.866. The third kappa shape index (κ3) is 2.39. The van der Waals surface area contributed by atoms with E-state index < -0.39 is 12.0 Å². The number of aliphatic carboxylic acids is 1. The second-order valence-electron chi connectivity index (χ2n) is 5.89. The minimum Gasteiger partial charge on any atom is -0.480 e. The van der Waals surface area contributed by atoms with Gasteiger partial charge in [-0.05, 0) is 31.6 Å². The summed E-state index contributed by atoms with van der Waals surface area (Å²) in [6.45, 7) is 0. The highest BCUT2D eigenvalue weighted by molar-refractivity contribution is 5.73. The molecule has 3 atom stereocenters. The smallest absolute Gasteiger partial charge is 0.320 e. The van der Waals surface area contributed by atoms with Crippen molar-refractivity contribution in [1.29, 1.82) is 0 Å². The molecule has 2 unspecified atom stereocenters. The lowest BCUT2D eigenvalue weighted by molar-refractivity contribution is -0.138. The van der Waals surface area contributed by atoms with Crippen LogP contribution >= 0.6 is 0 Å². The first-order valence-electron chi connectivity index (χ1n) is 7.21. The molecule has 0 saturated heterocycles. The molecule has 2 aliphatic carbocycles. The second-order valence-corrected chi connectivity index (χ2v) is 5.89. The zero-order valence-electron chi connectivity index (χ0n) is 11.1. The molecule has 1 aromatic rings. The van der Waals surface area contributed by atoms with E-state index in [1.807, 2.05) is 0 Å². The maximum Gasteiger partial charge on any atom is 0.320 e. The van der Waals surface area contributed by atoms with Crippen LogP contribution < -0.4 is 5.73 Å². The van der Waals surface area contributed by atoms with E-state index in [2.05, 4.69) is 9.97 Å². The number of aryl methyl sites for hydroxylation is 1. The highest BCUT2D eigenvalue weighted by Gasteiger charge is 2.34. The van der Waals surface area contributed by atoms with E-state index in [0.29, 0.717) is 12.3 Å². The number of carboxylic acid groups (broad SMARTS) is 1. The van der Waals surface area contributed by atoms with Gasteiger partial charge in [0.2, 0.25) is 0 Å². The molecular formula is C14H21N3O2. The molecule has 1 heterocycles. The quantitative estimate of drug-likeness (QED) is 0.772. The number of carbonyl (C=O) groups is 1. The van der Waals surface area contributed by atoms with Gasteiger partial charge in [-0.1, -0.05) is 12.8 Å². The van der Waals surface area contributed by atoms with Crippen molar-refractivity contribution in [2.45, 2.75) is 56.9 Å². The fraction of sp³-hybridized carbons (Fsp3) is 0.714. The standard InChI is InChI=1S/C14H21N3O2/c15-10(14(18)19)7-12-16-11-6-5-8-3-1-2-4-9(8)13(11)17-12/h8-10H,1-7,15H2,(H,16,17)(H,18,19)/t8?,9?,10-/m1/s1. The fourth-order valence-corrected chi connectivity index (χ4v) is 3.61. The average Bonchev–Trinajstić information content (AvgIpc) is 2.81. The van der Waals surface area contributed by atoms with Gasteiger partial charge >= 0.3 is 5.97 Å². The highest BCUT2D eigenvalue weighted by Crippen LogP contribution is 2.44. The first kappa shape index (κ1) is 12.7. The minimum absolute atomic E-state index is 0.291. The molecular weight excluding hydrogens is 242 g/mol. The molecule has 0 bridgehead atoms. The number of nitrogens with two attached hydrogens (primary N) is 1. The molecule has 104 valence electrons. The topological polar surface area (TPSA) is 92.0 Å². The van der Waals surface area contributed by atoms with Crippen molar-refractivity contribution in [1.82, 2.24) is 9.97 Å². The molecule has 0 amide bonds. The Morgan fingerprint density at radius 1 is 1.42 bits per heavy atom. The van der Waals surface area contributed by atoms with Gasteiger partial charge in [-0.3, -0.25) is 4.79 Å². The SMILES string of the molecule is N[C@H](Cc1nc2c([nH]1)CCC1CCCCC21)C(=O)O. The number of rotatable bonds is 3. The third-order valence-corrected chi connectivity index (χ3v) is 4.62. The molecule has 0 aliphatic heterocycles. The summed E-state index contributed by atoms with van der Waals surface area (Å²) >= 11 is 0. The van der Waals surface area contributed by atoms with Crippen LogP contribution in [-0.4, -0.2) is 27.1 Å². The molecule has 5 nitrogen and oxygen atoms in total. The fourth-order valence-electron chi connectivity index (χ4n) is 3.61. The molecule has 19 heavy (non-hydrogen) atoms. The number of aromatic nitrogens is 2. The predicted molar refractivity (Wildman–Crippen MR) is 70.9 cm³/mol. The maximum absolute atomic E-state index is 10.8. The Hall–Kier alpha value is -1.36. The van der Waals surface area contributed by atoms with E-state index in [0.717, 1.165) is 18.2 Å².